The smallest absolute Gasteiger partial charge is 0.264 e. The van der Waals surface area contributed by atoms with Gasteiger partial charge in [-0.2, -0.15) is 0 Å². The number of hydrogen-bond acceptors (Lipinski definition) is 3. The van der Waals surface area contributed by atoms with Gasteiger partial charge < -0.3 is 10.2 Å². The van der Waals surface area contributed by atoms with Gasteiger partial charge in [0.2, 0.25) is 5.91 Å². The maximum absolute atomic E-state index is 12.6. The fraction of sp³-hybridized carbons (Fsp3) is 0.294. The number of carbonyl (C=O) groups excluding carboxylic acids is 2. The summed E-state index contributed by atoms with van der Waals surface area (Å²) in [6.07, 6.45) is 2.56. The van der Waals surface area contributed by atoms with Crippen molar-refractivity contribution in [3.63, 3.8) is 0 Å². The third-order valence-electron chi connectivity index (χ3n) is 3.89. The first-order valence-corrected chi connectivity index (χ1v) is 8.82. The summed E-state index contributed by atoms with van der Waals surface area (Å²) >= 11 is 7.35. The van der Waals surface area contributed by atoms with Crippen molar-refractivity contribution in [3.05, 3.63) is 51.7 Å². The van der Waals surface area contributed by atoms with E-state index in [-0.39, 0.29) is 11.8 Å². The van der Waals surface area contributed by atoms with E-state index in [4.69, 9.17) is 11.6 Å². The Morgan fingerprint density at radius 3 is 2.83 bits per heavy atom. The Morgan fingerprint density at radius 2 is 2.09 bits per heavy atom. The number of amides is 2. The third kappa shape index (κ3) is 3.74. The van der Waals surface area contributed by atoms with Crippen molar-refractivity contribution in [2.75, 3.05) is 11.9 Å². The van der Waals surface area contributed by atoms with Crippen molar-refractivity contribution in [1.82, 2.24) is 4.90 Å². The number of carbonyl (C=O) groups is 2. The SMILES string of the molecule is O=C(Nc1cccc(Cl)c1)[C@@H]1CCCCN1C(=O)c1cccs1. The molecule has 4 nitrogen and oxygen atoms in total. The van der Waals surface area contributed by atoms with Crippen LogP contribution in [-0.4, -0.2) is 29.3 Å². The van der Waals surface area contributed by atoms with Crippen LogP contribution < -0.4 is 5.32 Å². The topological polar surface area (TPSA) is 49.4 Å². The predicted molar refractivity (Wildman–Crippen MR) is 93.1 cm³/mol. The molecule has 0 unspecified atom stereocenters. The molecule has 2 aromatic rings. The Kier molecular flexibility index (Phi) is 4.98. The number of benzene rings is 1. The summed E-state index contributed by atoms with van der Waals surface area (Å²) in [6, 6.07) is 10.2. The van der Waals surface area contributed by atoms with Crippen LogP contribution >= 0.6 is 22.9 Å². The van der Waals surface area contributed by atoms with Gasteiger partial charge in [-0.05, 0) is 48.9 Å². The lowest BCUT2D eigenvalue weighted by Gasteiger charge is -2.34. The second-order valence-corrected chi connectivity index (χ2v) is 6.87. The molecular formula is C17H17ClN2O2S. The van der Waals surface area contributed by atoms with Crippen molar-refractivity contribution in [3.8, 4) is 0 Å². The van der Waals surface area contributed by atoms with E-state index in [1.807, 2.05) is 11.4 Å². The first kappa shape index (κ1) is 16.0. The van der Waals surface area contributed by atoms with E-state index in [1.54, 1.807) is 35.2 Å². The van der Waals surface area contributed by atoms with E-state index in [0.29, 0.717) is 28.6 Å². The van der Waals surface area contributed by atoms with Gasteiger partial charge in [0, 0.05) is 17.3 Å². The Labute approximate surface area is 144 Å². The molecule has 120 valence electrons. The molecule has 1 saturated heterocycles. The number of anilines is 1. The second kappa shape index (κ2) is 7.15. The van der Waals surface area contributed by atoms with Crippen molar-refractivity contribution < 1.29 is 9.59 Å². The molecule has 6 heteroatoms. The maximum atomic E-state index is 12.6. The minimum atomic E-state index is -0.433. The van der Waals surface area contributed by atoms with E-state index in [2.05, 4.69) is 5.32 Å². The van der Waals surface area contributed by atoms with Crippen LogP contribution in [0.4, 0.5) is 5.69 Å². The summed E-state index contributed by atoms with van der Waals surface area (Å²) in [5.74, 6) is -0.220. The first-order valence-electron chi connectivity index (χ1n) is 7.56. The minimum Gasteiger partial charge on any atom is -0.326 e. The van der Waals surface area contributed by atoms with E-state index in [0.717, 1.165) is 12.8 Å². The summed E-state index contributed by atoms with van der Waals surface area (Å²) in [5, 5.41) is 5.31. The van der Waals surface area contributed by atoms with Crippen LogP contribution in [0.2, 0.25) is 5.02 Å². The molecule has 1 aliphatic heterocycles. The van der Waals surface area contributed by atoms with E-state index >= 15 is 0 Å². The van der Waals surface area contributed by atoms with E-state index < -0.39 is 6.04 Å². The van der Waals surface area contributed by atoms with Gasteiger partial charge in [-0.3, -0.25) is 9.59 Å². The molecule has 1 fully saturated rings. The number of halogens is 1. The Morgan fingerprint density at radius 1 is 1.22 bits per heavy atom. The fourth-order valence-electron chi connectivity index (χ4n) is 2.78. The van der Waals surface area contributed by atoms with Crippen LogP contribution in [0.15, 0.2) is 41.8 Å². The predicted octanol–water partition coefficient (Wildman–Crippen LogP) is 4.03. The van der Waals surface area contributed by atoms with Crippen LogP contribution in [0.5, 0.6) is 0 Å². The average molecular weight is 349 g/mol. The molecule has 1 aromatic heterocycles. The van der Waals surface area contributed by atoms with Crippen molar-refractivity contribution in [2.24, 2.45) is 0 Å². The number of hydrogen-bond donors (Lipinski definition) is 1. The molecule has 0 spiro atoms. The number of nitrogens with one attached hydrogen (secondary N) is 1. The molecule has 1 aromatic carbocycles. The van der Waals surface area contributed by atoms with E-state index in [9.17, 15) is 9.59 Å². The zero-order valence-corrected chi connectivity index (χ0v) is 14.1. The van der Waals surface area contributed by atoms with Crippen LogP contribution in [0.3, 0.4) is 0 Å². The highest BCUT2D eigenvalue weighted by Crippen LogP contribution is 2.23. The quantitative estimate of drug-likeness (QED) is 0.910. The van der Waals surface area contributed by atoms with Crippen LogP contribution in [0.1, 0.15) is 28.9 Å². The summed E-state index contributed by atoms with van der Waals surface area (Å²) < 4.78 is 0. The lowest BCUT2D eigenvalue weighted by Crippen LogP contribution is -2.49. The van der Waals surface area contributed by atoms with Gasteiger partial charge in [-0.25, -0.2) is 0 Å². The lowest BCUT2D eigenvalue weighted by molar-refractivity contribution is -0.121. The molecule has 3 rings (SSSR count). The highest BCUT2D eigenvalue weighted by molar-refractivity contribution is 7.12. The lowest BCUT2D eigenvalue weighted by atomic mass is 10.0. The second-order valence-electron chi connectivity index (χ2n) is 5.49. The maximum Gasteiger partial charge on any atom is 0.264 e. The van der Waals surface area contributed by atoms with Crippen LogP contribution in [0.25, 0.3) is 0 Å². The first-order chi connectivity index (χ1) is 11.1. The number of rotatable bonds is 3. The van der Waals surface area contributed by atoms with Gasteiger partial charge >= 0.3 is 0 Å². The Balaban J connectivity index is 1.75. The molecule has 2 amide bonds. The molecule has 0 aliphatic carbocycles. The van der Waals surface area contributed by atoms with Crippen molar-refractivity contribution in [1.29, 1.82) is 0 Å². The van der Waals surface area contributed by atoms with Gasteiger partial charge in [-0.15, -0.1) is 11.3 Å². The Bertz CT molecular complexity index is 702. The van der Waals surface area contributed by atoms with Crippen molar-refractivity contribution in [2.45, 2.75) is 25.3 Å². The molecule has 1 atom stereocenters. The zero-order chi connectivity index (χ0) is 16.2. The average Bonchev–Trinajstić information content (AvgIpc) is 3.08. The van der Waals surface area contributed by atoms with Crippen molar-refractivity contribution >= 4 is 40.4 Å². The summed E-state index contributed by atoms with van der Waals surface area (Å²) in [4.78, 5) is 27.6. The molecule has 23 heavy (non-hydrogen) atoms. The van der Waals surface area contributed by atoms with Gasteiger partial charge in [-0.1, -0.05) is 23.7 Å². The molecule has 0 bridgehead atoms. The number of likely N-dealkylation sites (tertiary alicyclic amines) is 1. The number of piperidine rings is 1. The van der Waals surface area contributed by atoms with E-state index in [1.165, 1.54) is 11.3 Å². The van der Waals surface area contributed by atoms with Gasteiger partial charge in [0.15, 0.2) is 0 Å². The summed E-state index contributed by atoms with van der Waals surface area (Å²) in [5.41, 5.74) is 0.650. The molecule has 0 saturated carbocycles. The van der Waals surface area contributed by atoms with Gasteiger partial charge in [0.05, 0.1) is 4.88 Å². The monoisotopic (exact) mass is 348 g/mol. The molecule has 1 aliphatic rings. The molecule has 1 N–H and O–H groups in total. The van der Waals surface area contributed by atoms with Crippen LogP contribution in [0, 0.1) is 0 Å². The fourth-order valence-corrected chi connectivity index (χ4v) is 3.65. The molecular weight excluding hydrogens is 332 g/mol. The Hall–Kier alpha value is -1.85. The number of nitrogens with zero attached hydrogens (tertiary/aromatic N) is 1. The zero-order valence-electron chi connectivity index (χ0n) is 12.5. The highest BCUT2D eigenvalue weighted by Gasteiger charge is 2.33. The minimum absolute atomic E-state index is 0.0639. The summed E-state index contributed by atoms with van der Waals surface area (Å²) in [7, 11) is 0. The number of thiophene rings is 1. The summed E-state index contributed by atoms with van der Waals surface area (Å²) in [6.45, 7) is 0.615. The van der Waals surface area contributed by atoms with Gasteiger partial charge in [0.1, 0.15) is 6.04 Å². The third-order valence-corrected chi connectivity index (χ3v) is 4.98. The molecule has 2 heterocycles. The normalized spacial score (nSPS) is 17.8. The van der Waals surface area contributed by atoms with Gasteiger partial charge in [0.25, 0.3) is 5.91 Å². The largest absolute Gasteiger partial charge is 0.326 e. The van der Waals surface area contributed by atoms with Crippen LogP contribution in [-0.2, 0) is 4.79 Å². The molecule has 0 radical (unpaired) electrons. The highest BCUT2D eigenvalue weighted by atomic mass is 35.5. The standard InChI is InChI=1S/C17H17ClN2O2S/c18-12-5-3-6-13(11-12)19-16(21)14-7-1-2-9-20(14)17(22)15-8-4-10-23-15/h3-6,8,10-11,14H,1-2,7,9H2,(H,19,21)/t14-/m0/s1.